The molecular weight excluding hydrogens is 298 g/mol. The minimum absolute atomic E-state index is 0.0297. The summed E-state index contributed by atoms with van der Waals surface area (Å²) in [4.78, 5) is 22.1. The van der Waals surface area contributed by atoms with Crippen molar-refractivity contribution in [3.63, 3.8) is 0 Å². The minimum Gasteiger partial charge on any atom is -0.497 e. The molecule has 2 aromatic rings. The van der Waals surface area contributed by atoms with Gasteiger partial charge < -0.3 is 9.84 Å². The third-order valence-corrected chi connectivity index (χ3v) is 3.35. The van der Waals surface area contributed by atoms with Crippen molar-refractivity contribution in [2.45, 2.75) is 6.92 Å². The van der Waals surface area contributed by atoms with Crippen LogP contribution in [0.15, 0.2) is 42.5 Å². The Balaban J connectivity index is 2.53. The lowest BCUT2D eigenvalue weighted by Gasteiger charge is -2.06. The van der Waals surface area contributed by atoms with E-state index in [0.29, 0.717) is 22.4 Å². The maximum Gasteiger partial charge on any atom is 0.336 e. The predicted molar refractivity (Wildman–Crippen MR) is 86.3 cm³/mol. The van der Waals surface area contributed by atoms with Crippen molar-refractivity contribution < 1.29 is 19.6 Å². The van der Waals surface area contributed by atoms with Crippen LogP contribution < -0.4 is 4.74 Å². The number of benzene rings is 2. The van der Waals surface area contributed by atoms with E-state index in [1.165, 1.54) is 19.3 Å². The Kier molecular flexibility index (Phi) is 4.75. The second-order valence-corrected chi connectivity index (χ2v) is 4.90. The van der Waals surface area contributed by atoms with Crippen molar-refractivity contribution in [2.75, 3.05) is 7.11 Å². The van der Waals surface area contributed by atoms with Crippen LogP contribution in [0.5, 0.6) is 5.75 Å². The molecule has 2 aromatic carbocycles. The molecule has 0 aliphatic heterocycles. The van der Waals surface area contributed by atoms with Crippen molar-refractivity contribution in [1.82, 2.24) is 0 Å². The van der Waals surface area contributed by atoms with Gasteiger partial charge in [-0.3, -0.25) is 10.1 Å². The highest BCUT2D eigenvalue weighted by Crippen LogP contribution is 2.25. The zero-order valence-electron chi connectivity index (χ0n) is 12.6. The molecule has 0 aliphatic carbocycles. The molecule has 0 unspecified atom stereocenters. The molecule has 2 rings (SSSR count). The van der Waals surface area contributed by atoms with E-state index < -0.39 is 10.9 Å². The molecule has 0 fully saturated rings. The largest absolute Gasteiger partial charge is 0.497 e. The summed E-state index contributed by atoms with van der Waals surface area (Å²) in [6.45, 7) is 1.63. The van der Waals surface area contributed by atoms with Crippen molar-refractivity contribution in [1.29, 1.82) is 0 Å². The number of nitro groups is 1. The second kappa shape index (κ2) is 6.74. The minimum atomic E-state index is -1.12. The summed E-state index contributed by atoms with van der Waals surface area (Å²) in [6.07, 6.45) is 1.41. The number of aryl methyl sites for hydroxylation is 1. The SMILES string of the molecule is COc1cccc(/C(=C/c2ccc(C)c([N+](=O)[O-])c2)C(=O)O)c1. The second-order valence-electron chi connectivity index (χ2n) is 4.90. The molecule has 0 aliphatic rings. The van der Waals surface area contributed by atoms with Crippen LogP contribution in [0.2, 0.25) is 0 Å². The van der Waals surface area contributed by atoms with E-state index in [-0.39, 0.29) is 11.3 Å². The number of methoxy groups -OCH3 is 1. The first-order valence-electron chi connectivity index (χ1n) is 6.77. The molecule has 0 saturated heterocycles. The summed E-state index contributed by atoms with van der Waals surface area (Å²) < 4.78 is 5.09. The van der Waals surface area contributed by atoms with E-state index in [1.54, 1.807) is 43.3 Å². The van der Waals surface area contributed by atoms with Gasteiger partial charge in [0.2, 0.25) is 0 Å². The molecule has 6 nitrogen and oxygen atoms in total. The zero-order valence-corrected chi connectivity index (χ0v) is 12.6. The highest BCUT2D eigenvalue weighted by Gasteiger charge is 2.14. The van der Waals surface area contributed by atoms with Gasteiger partial charge in [-0.05, 0) is 36.3 Å². The molecule has 0 heterocycles. The Morgan fingerprint density at radius 3 is 2.61 bits per heavy atom. The molecule has 6 heteroatoms. The van der Waals surface area contributed by atoms with E-state index in [4.69, 9.17) is 4.74 Å². The quantitative estimate of drug-likeness (QED) is 0.394. The maximum atomic E-state index is 11.5. The Morgan fingerprint density at radius 1 is 1.26 bits per heavy atom. The molecule has 0 aromatic heterocycles. The topological polar surface area (TPSA) is 89.7 Å². The van der Waals surface area contributed by atoms with Crippen LogP contribution in [0, 0.1) is 17.0 Å². The van der Waals surface area contributed by atoms with Gasteiger partial charge in [-0.2, -0.15) is 0 Å². The Bertz CT molecular complexity index is 795. The third kappa shape index (κ3) is 3.74. The Hall–Kier alpha value is -3.15. The van der Waals surface area contributed by atoms with Crippen LogP contribution in [-0.4, -0.2) is 23.1 Å². The van der Waals surface area contributed by atoms with E-state index in [1.807, 2.05) is 0 Å². The van der Waals surface area contributed by atoms with E-state index in [0.717, 1.165) is 0 Å². The van der Waals surface area contributed by atoms with Crippen LogP contribution in [0.3, 0.4) is 0 Å². The number of hydrogen-bond acceptors (Lipinski definition) is 4. The first-order valence-corrected chi connectivity index (χ1v) is 6.77. The average molecular weight is 313 g/mol. The van der Waals surface area contributed by atoms with Gasteiger partial charge in [-0.25, -0.2) is 4.79 Å². The summed E-state index contributed by atoms with van der Waals surface area (Å²) in [5.41, 5.74) is 1.41. The standard InChI is InChI=1S/C17H15NO5/c1-11-6-7-12(9-16(11)18(21)22)8-15(17(19)20)13-4-3-5-14(10-13)23-2/h3-10H,1-2H3,(H,19,20)/b15-8-. The predicted octanol–water partition coefficient (Wildman–Crippen LogP) is 3.54. The average Bonchev–Trinajstić information content (AvgIpc) is 2.53. The number of carbonyl (C=O) groups is 1. The Labute approximate surface area is 132 Å². The van der Waals surface area contributed by atoms with Crippen LogP contribution in [0.25, 0.3) is 11.6 Å². The van der Waals surface area contributed by atoms with E-state index in [9.17, 15) is 20.0 Å². The Morgan fingerprint density at radius 2 is 2.00 bits per heavy atom. The summed E-state index contributed by atoms with van der Waals surface area (Å²) in [5, 5.41) is 20.4. The van der Waals surface area contributed by atoms with Crippen LogP contribution in [-0.2, 0) is 4.79 Å². The highest BCUT2D eigenvalue weighted by atomic mass is 16.6. The monoisotopic (exact) mass is 313 g/mol. The van der Waals surface area contributed by atoms with Gasteiger partial charge in [0, 0.05) is 11.6 Å². The first kappa shape index (κ1) is 16.2. The summed E-state index contributed by atoms with van der Waals surface area (Å²) >= 11 is 0. The first-order chi connectivity index (χ1) is 10.9. The molecular formula is C17H15NO5. The number of hydrogen-bond donors (Lipinski definition) is 1. The summed E-state index contributed by atoms with van der Waals surface area (Å²) in [6, 6.07) is 11.2. The molecule has 0 radical (unpaired) electrons. The lowest BCUT2D eigenvalue weighted by molar-refractivity contribution is -0.385. The van der Waals surface area contributed by atoms with Gasteiger partial charge in [0.1, 0.15) is 5.75 Å². The van der Waals surface area contributed by atoms with E-state index in [2.05, 4.69) is 0 Å². The number of ether oxygens (including phenoxy) is 1. The number of nitro benzene ring substituents is 1. The fourth-order valence-corrected chi connectivity index (χ4v) is 2.14. The highest BCUT2D eigenvalue weighted by molar-refractivity contribution is 6.20. The van der Waals surface area contributed by atoms with E-state index >= 15 is 0 Å². The van der Waals surface area contributed by atoms with Crippen molar-refractivity contribution in [3.05, 3.63) is 69.3 Å². The van der Waals surface area contributed by atoms with Crippen LogP contribution in [0.4, 0.5) is 5.69 Å². The maximum absolute atomic E-state index is 11.5. The van der Waals surface area contributed by atoms with Crippen molar-refractivity contribution >= 4 is 23.3 Å². The summed E-state index contributed by atoms with van der Waals surface area (Å²) in [5.74, 6) is -0.592. The molecule has 0 atom stereocenters. The summed E-state index contributed by atoms with van der Waals surface area (Å²) in [7, 11) is 1.49. The molecule has 0 saturated carbocycles. The van der Waals surface area contributed by atoms with Gasteiger partial charge in [-0.15, -0.1) is 0 Å². The number of nitrogens with zero attached hydrogens (tertiary/aromatic N) is 1. The molecule has 118 valence electrons. The molecule has 0 amide bonds. The number of carboxylic acid groups (broad SMARTS) is 1. The lowest BCUT2D eigenvalue weighted by Crippen LogP contribution is -2.00. The van der Waals surface area contributed by atoms with Gasteiger partial charge in [0.25, 0.3) is 5.69 Å². The van der Waals surface area contributed by atoms with Gasteiger partial charge >= 0.3 is 5.97 Å². The van der Waals surface area contributed by atoms with Gasteiger partial charge in [-0.1, -0.05) is 24.3 Å². The van der Waals surface area contributed by atoms with Gasteiger partial charge in [0.05, 0.1) is 17.6 Å². The number of aliphatic carboxylic acids is 1. The molecule has 1 N–H and O–H groups in total. The number of rotatable bonds is 5. The van der Waals surface area contributed by atoms with Crippen LogP contribution >= 0.6 is 0 Å². The zero-order chi connectivity index (χ0) is 17.0. The molecule has 0 bridgehead atoms. The van der Waals surface area contributed by atoms with Crippen molar-refractivity contribution in [3.8, 4) is 5.75 Å². The van der Waals surface area contributed by atoms with Gasteiger partial charge in [0.15, 0.2) is 0 Å². The van der Waals surface area contributed by atoms with Crippen LogP contribution in [0.1, 0.15) is 16.7 Å². The third-order valence-electron chi connectivity index (χ3n) is 3.35. The lowest BCUT2D eigenvalue weighted by atomic mass is 10.0. The molecule has 23 heavy (non-hydrogen) atoms. The fourth-order valence-electron chi connectivity index (χ4n) is 2.14. The number of carboxylic acids is 1. The normalized spacial score (nSPS) is 11.1. The van der Waals surface area contributed by atoms with Crippen molar-refractivity contribution in [2.24, 2.45) is 0 Å². The fraction of sp³-hybridized carbons (Fsp3) is 0.118. The smallest absolute Gasteiger partial charge is 0.336 e. The molecule has 0 spiro atoms.